The predicted molar refractivity (Wildman–Crippen MR) is 92.0 cm³/mol. The van der Waals surface area contributed by atoms with Gasteiger partial charge in [0.25, 0.3) is 5.91 Å². The molecule has 0 spiro atoms. The lowest BCUT2D eigenvalue weighted by atomic mass is 10.1. The van der Waals surface area contributed by atoms with Crippen LogP contribution in [0.3, 0.4) is 0 Å². The van der Waals surface area contributed by atoms with Crippen molar-refractivity contribution in [3.8, 4) is 5.75 Å². The molecule has 0 saturated heterocycles. The number of aryl methyl sites for hydroxylation is 1. The van der Waals surface area contributed by atoms with Crippen molar-refractivity contribution in [3.63, 3.8) is 0 Å². The quantitative estimate of drug-likeness (QED) is 0.779. The first-order valence-electron chi connectivity index (χ1n) is 6.50. The van der Waals surface area contributed by atoms with Gasteiger partial charge in [0.05, 0.1) is 5.69 Å². The molecule has 1 N–H and O–H groups in total. The Hall–Kier alpha value is -1.33. The lowest BCUT2D eigenvalue weighted by Crippen LogP contribution is -2.31. The number of phenols is 1. The topological polar surface area (TPSA) is 40.5 Å². The summed E-state index contributed by atoms with van der Waals surface area (Å²) >= 11 is 6.79. The second-order valence-electron chi connectivity index (χ2n) is 4.68. The second-order valence-corrected chi connectivity index (χ2v) is 6.51. The van der Waals surface area contributed by atoms with E-state index < -0.39 is 0 Å². The molecule has 5 heteroatoms. The van der Waals surface area contributed by atoms with Crippen molar-refractivity contribution in [2.24, 2.45) is 0 Å². The molecule has 0 aliphatic heterocycles. The van der Waals surface area contributed by atoms with Crippen LogP contribution in [-0.2, 0) is 0 Å². The highest BCUT2D eigenvalue weighted by atomic mass is 79.9. The average Bonchev–Trinajstić information content (AvgIpc) is 2.42. The van der Waals surface area contributed by atoms with Gasteiger partial charge >= 0.3 is 0 Å². The first-order chi connectivity index (χ1) is 9.92. The first kappa shape index (κ1) is 16.0. The third kappa shape index (κ3) is 3.66. The molecular weight excluding hydrogens is 398 g/mol. The van der Waals surface area contributed by atoms with Crippen LogP contribution < -0.4 is 4.90 Å². The van der Waals surface area contributed by atoms with E-state index >= 15 is 0 Å². The summed E-state index contributed by atoms with van der Waals surface area (Å²) in [6, 6.07) is 10.5. The molecular formula is C16H15Br2NO2. The van der Waals surface area contributed by atoms with E-state index in [4.69, 9.17) is 0 Å². The average molecular weight is 413 g/mol. The number of rotatable bonds is 3. The van der Waals surface area contributed by atoms with E-state index in [2.05, 4.69) is 31.9 Å². The van der Waals surface area contributed by atoms with Gasteiger partial charge in [-0.2, -0.15) is 0 Å². The Morgan fingerprint density at radius 3 is 2.33 bits per heavy atom. The molecule has 0 heterocycles. The smallest absolute Gasteiger partial charge is 0.258 e. The molecule has 21 heavy (non-hydrogen) atoms. The zero-order valence-corrected chi connectivity index (χ0v) is 14.9. The maximum atomic E-state index is 12.7. The van der Waals surface area contributed by atoms with E-state index in [-0.39, 0.29) is 11.7 Å². The summed E-state index contributed by atoms with van der Waals surface area (Å²) in [5.41, 5.74) is 2.25. The molecule has 0 atom stereocenters. The number of carbonyl (C=O) groups is 1. The molecule has 0 saturated carbocycles. The van der Waals surface area contributed by atoms with E-state index in [0.717, 1.165) is 20.2 Å². The third-order valence-corrected chi connectivity index (χ3v) is 4.07. The molecule has 3 nitrogen and oxygen atoms in total. The molecule has 2 aromatic carbocycles. The molecule has 0 radical (unpaired) electrons. The lowest BCUT2D eigenvalue weighted by molar-refractivity contribution is 0.0988. The summed E-state index contributed by atoms with van der Waals surface area (Å²) in [6.07, 6.45) is 0. The summed E-state index contributed by atoms with van der Waals surface area (Å²) < 4.78 is 1.67. The van der Waals surface area contributed by atoms with Crippen molar-refractivity contribution >= 4 is 43.5 Å². The van der Waals surface area contributed by atoms with Crippen LogP contribution in [0.1, 0.15) is 22.8 Å². The van der Waals surface area contributed by atoms with Crippen molar-refractivity contribution in [2.45, 2.75) is 13.8 Å². The van der Waals surface area contributed by atoms with Crippen LogP contribution in [0.4, 0.5) is 5.69 Å². The van der Waals surface area contributed by atoms with Crippen molar-refractivity contribution in [2.75, 3.05) is 11.4 Å². The molecule has 2 rings (SSSR count). The maximum absolute atomic E-state index is 12.7. The number of phenolic OH excluding ortho intramolecular Hbond substituents is 1. The van der Waals surface area contributed by atoms with Crippen molar-refractivity contribution in [3.05, 3.63) is 56.5 Å². The van der Waals surface area contributed by atoms with Crippen molar-refractivity contribution < 1.29 is 9.90 Å². The summed E-state index contributed by atoms with van der Waals surface area (Å²) in [5, 5.41) is 9.67. The molecule has 1 amide bonds. The molecule has 0 bridgehead atoms. The number of carbonyl (C=O) groups excluding carboxylic acids is 1. The van der Waals surface area contributed by atoms with Gasteiger partial charge in [0.1, 0.15) is 5.75 Å². The first-order valence-corrected chi connectivity index (χ1v) is 8.08. The fourth-order valence-corrected chi connectivity index (χ4v) is 3.44. The number of amides is 1. The Morgan fingerprint density at radius 2 is 1.76 bits per heavy atom. The number of hydrogen-bond acceptors (Lipinski definition) is 2. The molecule has 0 aromatic heterocycles. The number of hydrogen-bond donors (Lipinski definition) is 1. The van der Waals surface area contributed by atoms with Crippen LogP contribution in [0.5, 0.6) is 5.75 Å². The standard InChI is InChI=1S/C16H15Br2NO2/c1-3-19(15-9-14(20)5-4-10(15)2)16(21)11-6-12(17)8-13(18)7-11/h4-9,20H,3H2,1-2H3. The lowest BCUT2D eigenvalue weighted by Gasteiger charge is -2.23. The van der Waals surface area contributed by atoms with Gasteiger partial charge in [-0.05, 0) is 43.7 Å². The fourth-order valence-electron chi connectivity index (χ4n) is 2.15. The van der Waals surface area contributed by atoms with Gasteiger partial charge in [-0.1, -0.05) is 37.9 Å². The summed E-state index contributed by atoms with van der Waals surface area (Å²) in [5.74, 6) is 0.0467. The van der Waals surface area contributed by atoms with Gasteiger partial charge in [0.15, 0.2) is 0 Å². The van der Waals surface area contributed by atoms with Crippen LogP contribution in [0, 0.1) is 6.92 Å². The molecule has 0 aliphatic carbocycles. The van der Waals surface area contributed by atoms with Gasteiger partial charge in [0.2, 0.25) is 0 Å². The van der Waals surface area contributed by atoms with E-state index in [1.807, 2.05) is 19.9 Å². The minimum atomic E-state index is -0.104. The predicted octanol–water partition coefficient (Wildman–Crippen LogP) is 4.89. The molecule has 0 fully saturated rings. The minimum Gasteiger partial charge on any atom is -0.508 e. The zero-order valence-electron chi connectivity index (χ0n) is 11.7. The number of halogens is 2. The SMILES string of the molecule is CCN(C(=O)c1cc(Br)cc(Br)c1)c1cc(O)ccc1C. The number of nitrogens with zero attached hydrogens (tertiary/aromatic N) is 1. The molecule has 110 valence electrons. The van der Waals surface area contributed by atoms with Gasteiger partial charge < -0.3 is 10.0 Å². The van der Waals surface area contributed by atoms with E-state index in [9.17, 15) is 9.90 Å². The van der Waals surface area contributed by atoms with Gasteiger partial charge in [0, 0.05) is 27.1 Å². The maximum Gasteiger partial charge on any atom is 0.258 e. The Kier molecular flexibility index (Phi) is 5.06. The summed E-state index contributed by atoms with van der Waals surface area (Å²) in [7, 11) is 0. The Balaban J connectivity index is 2.45. The largest absolute Gasteiger partial charge is 0.508 e. The Bertz CT molecular complexity index is 666. The minimum absolute atomic E-state index is 0.104. The number of anilines is 1. The van der Waals surface area contributed by atoms with Crippen LogP contribution in [0.2, 0.25) is 0 Å². The highest BCUT2D eigenvalue weighted by Crippen LogP contribution is 2.28. The third-order valence-electron chi connectivity index (χ3n) is 3.15. The van der Waals surface area contributed by atoms with Crippen LogP contribution >= 0.6 is 31.9 Å². The Morgan fingerprint density at radius 1 is 1.14 bits per heavy atom. The van der Waals surface area contributed by atoms with Crippen LogP contribution in [0.25, 0.3) is 0 Å². The highest BCUT2D eigenvalue weighted by Gasteiger charge is 2.19. The highest BCUT2D eigenvalue weighted by molar-refractivity contribution is 9.11. The van der Waals surface area contributed by atoms with Gasteiger partial charge in [-0.15, -0.1) is 0 Å². The molecule has 0 aliphatic rings. The monoisotopic (exact) mass is 411 g/mol. The number of benzene rings is 2. The van der Waals surface area contributed by atoms with Crippen LogP contribution in [0.15, 0.2) is 45.3 Å². The van der Waals surface area contributed by atoms with E-state index in [0.29, 0.717) is 12.1 Å². The van der Waals surface area contributed by atoms with Crippen molar-refractivity contribution in [1.82, 2.24) is 0 Å². The summed E-state index contributed by atoms with van der Waals surface area (Å²) in [6.45, 7) is 4.35. The molecule has 2 aromatic rings. The normalized spacial score (nSPS) is 10.5. The Labute approximate surface area is 140 Å². The zero-order chi connectivity index (χ0) is 15.6. The fraction of sp³-hybridized carbons (Fsp3) is 0.188. The van der Waals surface area contributed by atoms with E-state index in [1.54, 1.807) is 35.2 Å². The second kappa shape index (κ2) is 6.62. The van der Waals surface area contributed by atoms with Gasteiger partial charge in [-0.3, -0.25) is 4.79 Å². The summed E-state index contributed by atoms with van der Waals surface area (Å²) in [4.78, 5) is 14.4. The molecule has 0 unspecified atom stereocenters. The van der Waals surface area contributed by atoms with Crippen molar-refractivity contribution in [1.29, 1.82) is 0 Å². The van der Waals surface area contributed by atoms with E-state index in [1.165, 1.54) is 0 Å². The van der Waals surface area contributed by atoms with Crippen LogP contribution in [-0.4, -0.2) is 17.6 Å². The van der Waals surface area contributed by atoms with Gasteiger partial charge in [-0.25, -0.2) is 0 Å². The number of aromatic hydroxyl groups is 1.